The van der Waals surface area contributed by atoms with Crippen molar-refractivity contribution in [3.8, 4) is 23.0 Å². The summed E-state index contributed by atoms with van der Waals surface area (Å²) in [7, 11) is -3.54. The van der Waals surface area contributed by atoms with Crippen LogP contribution in [0.1, 0.15) is 40.6 Å². The highest BCUT2D eigenvalue weighted by Gasteiger charge is 2.41. The number of fused-ring (bicyclic) bond motifs is 1. The molecule has 23 heteroatoms. The number of hydrogen-bond donors (Lipinski definition) is 8. The molecule has 0 spiro atoms. The van der Waals surface area contributed by atoms with Crippen LogP contribution in [0.15, 0.2) is 57.3 Å². The molecule has 2 aliphatic heterocycles. The van der Waals surface area contributed by atoms with Crippen molar-refractivity contribution in [2.45, 2.75) is 50.4 Å². The largest absolute Gasteiger partial charge is 0.507 e. The lowest BCUT2D eigenvalue weighted by atomic mass is 10.0. The average Bonchev–Trinajstić information content (AvgIpc) is 3.72. The Morgan fingerprint density at radius 1 is 1.09 bits per heavy atom. The molecule has 4 aromatic rings. The van der Waals surface area contributed by atoms with E-state index in [0.717, 1.165) is 17.0 Å². The van der Waals surface area contributed by atoms with Crippen molar-refractivity contribution < 1.29 is 67.9 Å². The maximum Gasteiger partial charge on any atom is 0.472 e. The third-order valence-corrected chi connectivity index (χ3v) is 10.7. The first-order valence-electron chi connectivity index (χ1n) is 16.9. The molecule has 3 aromatic carbocycles. The summed E-state index contributed by atoms with van der Waals surface area (Å²) in [6, 6.07) is 8.46. The Bertz CT molecular complexity index is 2360. The Morgan fingerprint density at radius 2 is 1.84 bits per heavy atom. The number of hydrogen-bond acceptors (Lipinski definition) is 16. The lowest BCUT2D eigenvalue weighted by Crippen LogP contribution is -2.36. The molecule has 0 aliphatic carbocycles. The van der Waals surface area contributed by atoms with Gasteiger partial charge in [-0.1, -0.05) is 40.5 Å². The number of oxime groups is 1. The van der Waals surface area contributed by atoms with Gasteiger partial charge in [-0.3, -0.25) is 28.2 Å². The number of phenols is 3. The van der Waals surface area contributed by atoms with Crippen LogP contribution in [0.5, 0.6) is 23.0 Å². The number of carbonyl (C=O) groups is 1. The van der Waals surface area contributed by atoms with E-state index in [9.17, 15) is 49.4 Å². The molecular weight excluding hydrogens is 822 g/mol. The predicted molar refractivity (Wildman–Crippen MR) is 198 cm³/mol. The van der Waals surface area contributed by atoms with Crippen molar-refractivity contribution in [1.82, 2.24) is 14.9 Å². The zero-order valence-corrected chi connectivity index (χ0v) is 31.9. The molecule has 20 nitrogen and oxygen atoms in total. The number of aromatic nitrogens is 2. The van der Waals surface area contributed by atoms with Crippen LogP contribution in [0.2, 0.25) is 10.0 Å². The fourth-order valence-corrected chi connectivity index (χ4v) is 7.36. The van der Waals surface area contributed by atoms with Gasteiger partial charge in [-0.05, 0) is 23.6 Å². The van der Waals surface area contributed by atoms with Crippen LogP contribution in [0.3, 0.4) is 0 Å². The summed E-state index contributed by atoms with van der Waals surface area (Å²) in [6.45, 7) is -1.64. The second-order valence-corrected chi connectivity index (χ2v) is 15.0. The number of ether oxygens (including phenoxy) is 3. The third kappa shape index (κ3) is 9.53. The van der Waals surface area contributed by atoms with Crippen LogP contribution < -0.4 is 21.3 Å². The maximum atomic E-state index is 13.1. The zero-order chi connectivity index (χ0) is 41.2. The Hall–Kier alpha value is -4.73. The van der Waals surface area contributed by atoms with Crippen molar-refractivity contribution in [3.05, 3.63) is 90.2 Å². The molecule has 2 aliphatic rings. The molecule has 0 bridgehead atoms. The summed E-state index contributed by atoms with van der Waals surface area (Å²) >= 11 is 12.5. The summed E-state index contributed by atoms with van der Waals surface area (Å²) in [5, 5.41) is 57.4. The highest BCUT2D eigenvalue weighted by Crippen LogP contribution is 2.46. The number of halogens is 2. The van der Waals surface area contributed by atoms with E-state index in [4.69, 9.17) is 51.3 Å². The number of phosphoric acid groups is 1. The molecule has 1 aromatic heterocycles. The minimum absolute atomic E-state index is 0.00786. The summed E-state index contributed by atoms with van der Waals surface area (Å²) < 4.78 is 39.7. The van der Waals surface area contributed by atoms with Gasteiger partial charge in [-0.15, -0.1) is 0 Å². The fourth-order valence-electron chi connectivity index (χ4n) is 6.03. The van der Waals surface area contributed by atoms with E-state index < -0.39 is 87.4 Å². The molecule has 7 atom stereocenters. The monoisotopic (exact) mass is 856 g/mol. The molecule has 0 saturated carbocycles. The van der Waals surface area contributed by atoms with E-state index in [2.05, 4.69) is 15.5 Å². The van der Waals surface area contributed by atoms with Crippen molar-refractivity contribution in [3.63, 3.8) is 0 Å². The highest BCUT2D eigenvalue weighted by atomic mass is 35.5. The zero-order valence-electron chi connectivity index (χ0n) is 29.5. The summed E-state index contributed by atoms with van der Waals surface area (Å²) in [6.07, 6.45) is -4.42. The number of phenolic OH excluding ortho intramolecular Hbond substituents is 3. The van der Waals surface area contributed by atoms with Gasteiger partial charge in [0.2, 0.25) is 0 Å². The van der Waals surface area contributed by atoms with Crippen LogP contribution in [0, 0.1) is 5.92 Å². The van der Waals surface area contributed by atoms with E-state index in [1.54, 1.807) is 12.1 Å². The van der Waals surface area contributed by atoms with Crippen LogP contribution in [0.25, 0.3) is 10.8 Å². The van der Waals surface area contributed by atoms with E-state index in [1.807, 2.05) is 0 Å². The lowest BCUT2D eigenvalue weighted by Gasteiger charge is -2.20. The van der Waals surface area contributed by atoms with E-state index in [0.29, 0.717) is 10.8 Å². The molecule has 0 radical (unpaired) electrons. The number of aliphatic hydroxyl groups is 2. The van der Waals surface area contributed by atoms with Gasteiger partial charge < -0.3 is 54.8 Å². The number of aromatic amines is 1. The van der Waals surface area contributed by atoms with Crippen LogP contribution in [-0.4, -0.2) is 97.2 Å². The van der Waals surface area contributed by atoms with E-state index in [-0.39, 0.29) is 56.8 Å². The van der Waals surface area contributed by atoms with Gasteiger partial charge in [0.25, 0.3) is 11.5 Å². The average molecular weight is 858 g/mol. The molecule has 8 N–H and O–H groups in total. The minimum atomic E-state index is -4.83. The van der Waals surface area contributed by atoms with Crippen LogP contribution >= 0.6 is 31.0 Å². The first-order valence-corrected chi connectivity index (χ1v) is 19.1. The van der Waals surface area contributed by atoms with Crippen LogP contribution in [-0.2, 0) is 34.5 Å². The number of nitrogens with zero attached hydrogens (tertiary/aromatic N) is 2. The number of nitrogens with one attached hydrogen (secondary N) is 2. The van der Waals surface area contributed by atoms with Gasteiger partial charge >= 0.3 is 13.5 Å². The molecule has 2 saturated heterocycles. The van der Waals surface area contributed by atoms with Gasteiger partial charge in [0.1, 0.15) is 23.8 Å². The second kappa shape index (κ2) is 17.4. The molecule has 306 valence electrons. The Kier molecular flexibility index (Phi) is 12.8. The van der Waals surface area contributed by atoms with Gasteiger partial charge in [-0.25, -0.2) is 9.36 Å². The van der Waals surface area contributed by atoms with Gasteiger partial charge in [0.15, 0.2) is 30.2 Å². The first kappa shape index (κ1) is 41.9. The van der Waals surface area contributed by atoms with Crippen molar-refractivity contribution in [2.24, 2.45) is 11.1 Å². The van der Waals surface area contributed by atoms with E-state index >= 15 is 0 Å². The highest BCUT2D eigenvalue weighted by molar-refractivity contribution is 7.47. The number of rotatable bonds is 14. The van der Waals surface area contributed by atoms with Crippen LogP contribution in [0.4, 0.5) is 0 Å². The smallest absolute Gasteiger partial charge is 0.472 e. The summed E-state index contributed by atoms with van der Waals surface area (Å²) in [4.78, 5) is 57.1. The van der Waals surface area contributed by atoms with E-state index in [1.165, 1.54) is 31.4 Å². The summed E-state index contributed by atoms with van der Waals surface area (Å²) in [5.41, 5.74) is -2.07. The first-order chi connectivity index (χ1) is 27.0. The SMILES string of the molecule is COc1cc(Cl)c(/C=N/O[C@@H]2C[C@H](n3cc(CNC(=O)c4cc5c(O)cccc5cc4O)c(=O)[nH]c3=O)OC2COP(=O)(O)OC[C@@H]2C[C@H](O)OC2O)c(Cl)c1O. The predicted octanol–water partition coefficient (Wildman–Crippen LogP) is 2.57. The molecule has 3 unspecified atom stereocenters. The molecule has 3 heterocycles. The Balaban J connectivity index is 1.20. The quantitative estimate of drug-likeness (QED) is 0.0514. The number of aliphatic hydroxyl groups excluding tert-OH is 2. The molecule has 2 fully saturated rings. The molecular formula is C34H35Cl2N4O16P. The topological polar surface area (TPSA) is 290 Å². The number of aromatic hydroxyl groups is 3. The number of benzene rings is 3. The third-order valence-electron chi connectivity index (χ3n) is 9.04. The fraction of sp³-hybridized carbons (Fsp3) is 0.353. The number of H-pyrrole nitrogens is 1. The van der Waals surface area contributed by atoms with Crippen molar-refractivity contribution in [1.29, 1.82) is 0 Å². The number of carbonyl (C=O) groups excluding carboxylic acids is 1. The number of methoxy groups -OCH3 is 1. The standard InChI is InChI=1S/C34H35Cl2N4O16P/c1-51-25-8-21(35)20(29(36)30(25)44)11-38-56-24-9-27(54-26(24)14-53-57(49,50)52-13-16-6-28(43)55-33(16)47)40-12-17(31(45)39-34(40)48)10-37-32(46)19-7-18-15(5-23(19)42)3-2-4-22(18)41/h2-5,7-8,11-12,16,24,26-28,33,41-44,47H,6,9-10,13-14H2,1H3,(H,37,46)(H,49,50)(H,39,45,48)/b38-11+/t16-,24+,26?,27+,28+,33?/m0/s1. The molecule has 1 amide bonds. The number of amides is 1. The van der Waals surface area contributed by atoms with Crippen molar-refractivity contribution >= 4 is 53.9 Å². The van der Waals surface area contributed by atoms with Crippen molar-refractivity contribution in [2.75, 3.05) is 20.3 Å². The summed E-state index contributed by atoms with van der Waals surface area (Å²) in [5.74, 6) is -2.59. The number of phosphoric ester groups is 1. The Labute approximate surface area is 330 Å². The van der Waals surface area contributed by atoms with Gasteiger partial charge in [0.05, 0.1) is 54.3 Å². The van der Waals surface area contributed by atoms with Gasteiger partial charge in [0, 0.05) is 42.0 Å². The molecule has 57 heavy (non-hydrogen) atoms. The Morgan fingerprint density at radius 3 is 2.56 bits per heavy atom. The minimum Gasteiger partial charge on any atom is -0.507 e. The normalized spacial score (nSPS) is 23.2. The maximum absolute atomic E-state index is 13.1. The molecule has 6 rings (SSSR count). The second-order valence-electron chi connectivity index (χ2n) is 12.8. The van der Waals surface area contributed by atoms with Gasteiger partial charge in [-0.2, -0.15) is 0 Å². The lowest BCUT2D eigenvalue weighted by molar-refractivity contribution is -0.170.